The normalized spacial score (nSPS) is 9.23. The molecule has 0 aliphatic carbocycles. The Balaban J connectivity index is 3.38. The molecule has 0 amide bonds. The number of nitro groups is 1. The van der Waals surface area contributed by atoms with E-state index in [9.17, 15) is 10.1 Å². The van der Waals surface area contributed by atoms with Gasteiger partial charge < -0.3 is 0 Å². The van der Waals surface area contributed by atoms with Crippen molar-refractivity contribution in [1.82, 2.24) is 0 Å². The summed E-state index contributed by atoms with van der Waals surface area (Å²) in [7, 11) is 0. The summed E-state index contributed by atoms with van der Waals surface area (Å²) in [6.07, 6.45) is 0.500. The zero-order valence-electron chi connectivity index (χ0n) is 7.15. The second kappa shape index (κ2) is 3.68. The molecule has 0 fully saturated rings. The van der Waals surface area contributed by atoms with Gasteiger partial charge in [0.05, 0.1) is 16.6 Å². The van der Waals surface area contributed by atoms with Crippen LogP contribution in [0.2, 0.25) is 0 Å². The molecule has 0 heterocycles. The van der Waals surface area contributed by atoms with E-state index in [1.807, 2.05) is 6.07 Å². The molecule has 66 valence electrons. The standard InChI is InChI=1S/C9H8N2O2/c1-2-8-7(6-10)4-3-5-9(8)11(12)13/h3-5H,2H2,1H3. The van der Waals surface area contributed by atoms with E-state index in [-0.39, 0.29) is 5.69 Å². The van der Waals surface area contributed by atoms with Crippen LogP contribution in [0, 0.1) is 21.4 Å². The topological polar surface area (TPSA) is 66.9 Å². The van der Waals surface area contributed by atoms with E-state index in [0.717, 1.165) is 0 Å². The predicted octanol–water partition coefficient (Wildman–Crippen LogP) is 2.03. The lowest BCUT2D eigenvalue weighted by Crippen LogP contribution is -1.96. The van der Waals surface area contributed by atoms with E-state index >= 15 is 0 Å². The van der Waals surface area contributed by atoms with Gasteiger partial charge in [-0.2, -0.15) is 5.26 Å². The Bertz CT molecular complexity index is 380. The van der Waals surface area contributed by atoms with Crippen molar-refractivity contribution in [3.05, 3.63) is 39.4 Å². The van der Waals surface area contributed by atoms with Crippen molar-refractivity contribution in [2.45, 2.75) is 13.3 Å². The van der Waals surface area contributed by atoms with Crippen LogP contribution in [-0.4, -0.2) is 4.92 Å². The highest BCUT2D eigenvalue weighted by molar-refractivity contribution is 5.50. The molecule has 0 N–H and O–H groups in total. The number of rotatable bonds is 2. The Labute approximate surface area is 75.6 Å². The summed E-state index contributed by atoms with van der Waals surface area (Å²) in [6.45, 7) is 1.79. The van der Waals surface area contributed by atoms with Crippen LogP contribution in [0.5, 0.6) is 0 Å². The van der Waals surface area contributed by atoms with E-state index in [1.165, 1.54) is 12.1 Å². The molecule has 0 saturated heterocycles. The van der Waals surface area contributed by atoms with Gasteiger partial charge in [-0.3, -0.25) is 10.1 Å². The molecule has 4 heteroatoms. The summed E-state index contributed by atoms with van der Waals surface area (Å²) in [5.41, 5.74) is 0.924. The molecule has 0 radical (unpaired) electrons. The molecule has 0 aliphatic heterocycles. The Hall–Kier alpha value is -1.89. The van der Waals surface area contributed by atoms with E-state index in [0.29, 0.717) is 17.5 Å². The van der Waals surface area contributed by atoms with Gasteiger partial charge in [-0.15, -0.1) is 0 Å². The van der Waals surface area contributed by atoms with Gasteiger partial charge in [-0.25, -0.2) is 0 Å². The molecule has 1 aromatic rings. The summed E-state index contributed by atoms with van der Waals surface area (Å²) < 4.78 is 0. The third kappa shape index (κ3) is 1.64. The number of nitriles is 1. The lowest BCUT2D eigenvalue weighted by molar-refractivity contribution is -0.385. The van der Waals surface area contributed by atoms with Gasteiger partial charge in [-0.05, 0) is 12.5 Å². The first-order valence-electron chi connectivity index (χ1n) is 3.87. The van der Waals surface area contributed by atoms with E-state index in [2.05, 4.69) is 0 Å². The molecule has 0 bridgehead atoms. The van der Waals surface area contributed by atoms with Crippen molar-refractivity contribution in [2.24, 2.45) is 0 Å². The zero-order valence-corrected chi connectivity index (χ0v) is 7.15. The number of hydrogen-bond acceptors (Lipinski definition) is 3. The van der Waals surface area contributed by atoms with Crippen molar-refractivity contribution in [2.75, 3.05) is 0 Å². The minimum atomic E-state index is -0.459. The quantitative estimate of drug-likeness (QED) is 0.511. The Kier molecular flexibility index (Phi) is 2.60. The van der Waals surface area contributed by atoms with Crippen LogP contribution >= 0.6 is 0 Å². The Morgan fingerprint density at radius 2 is 2.31 bits per heavy atom. The molecular formula is C9H8N2O2. The van der Waals surface area contributed by atoms with Crippen LogP contribution in [0.3, 0.4) is 0 Å². The van der Waals surface area contributed by atoms with Crippen molar-refractivity contribution >= 4 is 5.69 Å². The molecule has 1 rings (SSSR count). The van der Waals surface area contributed by atoms with Crippen LogP contribution in [-0.2, 0) is 6.42 Å². The second-order valence-corrected chi connectivity index (χ2v) is 2.53. The molecule has 0 aliphatic rings. The van der Waals surface area contributed by atoms with Gasteiger partial charge in [0.2, 0.25) is 0 Å². The molecule has 0 spiro atoms. The average Bonchev–Trinajstić information content (AvgIpc) is 2.16. The highest BCUT2D eigenvalue weighted by atomic mass is 16.6. The Morgan fingerprint density at radius 3 is 2.77 bits per heavy atom. The van der Waals surface area contributed by atoms with Crippen molar-refractivity contribution < 1.29 is 4.92 Å². The first kappa shape index (κ1) is 9.20. The maximum Gasteiger partial charge on any atom is 0.273 e. The third-order valence-electron chi connectivity index (χ3n) is 1.82. The molecule has 4 nitrogen and oxygen atoms in total. The summed E-state index contributed by atoms with van der Waals surface area (Å²) >= 11 is 0. The largest absolute Gasteiger partial charge is 0.273 e. The monoisotopic (exact) mass is 176 g/mol. The summed E-state index contributed by atoms with van der Waals surface area (Å²) in [5, 5.41) is 19.2. The lowest BCUT2D eigenvalue weighted by atomic mass is 10.0. The van der Waals surface area contributed by atoms with Gasteiger partial charge in [0, 0.05) is 11.6 Å². The second-order valence-electron chi connectivity index (χ2n) is 2.53. The number of nitrogens with zero attached hydrogens (tertiary/aromatic N) is 2. The molecule has 1 aromatic carbocycles. The maximum absolute atomic E-state index is 10.5. The van der Waals surface area contributed by atoms with Crippen LogP contribution in [0.15, 0.2) is 18.2 Å². The summed E-state index contributed by atoms with van der Waals surface area (Å²) in [6, 6.07) is 6.47. The van der Waals surface area contributed by atoms with Crippen LogP contribution < -0.4 is 0 Å². The highest BCUT2D eigenvalue weighted by Crippen LogP contribution is 2.21. The molecular weight excluding hydrogens is 168 g/mol. The smallest absolute Gasteiger partial charge is 0.258 e. The first-order chi connectivity index (χ1) is 6.20. The van der Waals surface area contributed by atoms with Gasteiger partial charge in [0.15, 0.2) is 0 Å². The molecule has 0 atom stereocenters. The highest BCUT2D eigenvalue weighted by Gasteiger charge is 2.14. The van der Waals surface area contributed by atoms with Gasteiger partial charge in [0.25, 0.3) is 5.69 Å². The fourth-order valence-electron chi connectivity index (χ4n) is 1.22. The fourth-order valence-corrected chi connectivity index (χ4v) is 1.22. The molecule has 0 aromatic heterocycles. The maximum atomic E-state index is 10.5. The lowest BCUT2D eigenvalue weighted by Gasteiger charge is -2.00. The van der Waals surface area contributed by atoms with Crippen molar-refractivity contribution in [3.8, 4) is 6.07 Å². The zero-order chi connectivity index (χ0) is 9.84. The average molecular weight is 176 g/mol. The number of hydrogen-bond donors (Lipinski definition) is 0. The van der Waals surface area contributed by atoms with E-state index < -0.39 is 4.92 Å². The van der Waals surface area contributed by atoms with Crippen molar-refractivity contribution in [3.63, 3.8) is 0 Å². The predicted molar refractivity (Wildman–Crippen MR) is 47.2 cm³/mol. The van der Waals surface area contributed by atoms with E-state index in [4.69, 9.17) is 5.26 Å². The minimum Gasteiger partial charge on any atom is -0.258 e. The van der Waals surface area contributed by atoms with Gasteiger partial charge in [0.1, 0.15) is 0 Å². The summed E-state index contributed by atoms with van der Waals surface area (Å²) in [5.74, 6) is 0. The SMILES string of the molecule is CCc1c(C#N)cccc1[N+](=O)[O-]. The fraction of sp³-hybridized carbons (Fsp3) is 0.222. The van der Waals surface area contributed by atoms with Crippen LogP contribution in [0.1, 0.15) is 18.1 Å². The first-order valence-corrected chi connectivity index (χ1v) is 3.87. The molecule has 0 saturated carbocycles. The molecule has 0 unspecified atom stereocenters. The number of benzene rings is 1. The Morgan fingerprint density at radius 1 is 1.62 bits per heavy atom. The van der Waals surface area contributed by atoms with Gasteiger partial charge >= 0.3 is 0 Å². The number of nitro benzene ring substituents is 1. The summed E-state index contributed by atoms with van der Waals surface area (Å²) in [4.78, 5) is 10.1. The van der Waals surface area contributed by atoms with Crippen LogP contribution in [0.4, 0.5) is 5.69 Å². The van der Waals surface area contributed by atoms with Crippen LogP contribution in [0.25, 0.3) is 0 Å². The van der Waals surface area contributed by atoms with Crippen molar-refractivity contribution in [1.29, 1.82) is 5.26 Å². The third-order valence-corrected chi connectivity index (χ3v) is 1.82. The minimum absolute atomic E-state index is 0.0292. The van der Waals surface area contributed by atoms with Gasteiger partial charge in [-0.1, -0.05) is 13.0 Å². The molecule has 13 heavy (non-hydrogen) atoms. The van der Waals surface area contributed by atoms with E-state index in [1.54, 1.807) is 13.0 Å².